The van der Waals surface area contributed by atoms with Crippen molar-refractivity contribution in [3.63, 3.8) is 0 Å². The maximum absolute atomic E-state index is 12.9. The Morgan fingerprint density at radius 1 is 1.05 bits per heavy atom. The number of halogens is 3. The molecule has 3 aromatic rings. The molecule has 2 unspecified atom stereocenters. The van der Waals surface area contributed by atoms with Crippen LogP contribution in [0.25, 0.3) is 10.9 Å². The number of imide groups is 1. The number of hydrogen-bond donors (Lipinski definition) is 2. The predicted molar refractivity (Wildman–Crippen MR) is 136 cm³/mol. The standard InChI is InChI=1S/C29H30F3N3O3/c1-17-14-35(16-19-3-5-22(6-4-19)29(30,31)32)15-18(2)28(17,38)23-7-9-25-20(12-23)11-21(13-33-25)24-8-10-26(36)34-27(24)37/h3-7,9,11-13,17-18,24,38H,8,10,14-16H2,1-2H3,(H,34,36,37)/t17-,18+,24?,28?. The van der Waals surface area contributed by atoms with Gasteiger partial charge in [0.2, 0.25) is 11.8 Å². The van der Waals surface area contributed by atoms with Crippen LogP contribution in [-0.4, -0.2) is 39.9 Å². The van der Waals surface area contributed by atoms with Crippen LogP contribution in [0.3, 0.4) is 0 Å². The van der Waals surface area contributed by atoms with Crippen LogP contribution in [0.2, 0.25) is 0 Å². The number of carbonyl (C=O) groups excluding carboxylic acids is 2. The van der Waals surface area contributed by atoms with E-state index in [4.69, 9.17) is 0 Å². The van der Waals surface area contributed by atoms with Crippen LogP contribution in [0, 0.1) is 11.8 Å². The summed E-state index contributed by atoms with van der Waals surface area (Å²) in [5.41, 5.74) is 1.26. The number of aliphatic hydroxyl groups is 1. The van der Waals surface area contributed by atoms with E-state index in [9.17, 15) is 27.9 Å². The Morgan fingerprint density at radius 2 is 1.74 bits per heavy atom. The van der Waals surface area contributed by atoms with Crippen molar-refractivity contribution in [1.82, 2.24) is 15.2 Å². The van der Waals surface area contributed by atoms with Gasteiger partial charge >= 0.3 is 6.18 Å². The Kier molecular flexibility index (Phi) is 6.77. The number of likely N-dealkylation sites (tertiary alicyclic amines) is 1. The van der Waals surface area contributed by atoms with Gasteiger partial charge in [-0.15, -0.1) is 0 Å². The summed E-state index contributed by atoms with van der Waals surface area (Å²) >= 11 is 0. The van der Waals surface area contributed by atoms with E-state index in [-0.39, 0.29) is 30.1 Å². The van der Waals surface area contributed by atoms with Gasteiger partial charge < -0.3 is 5.11 Å². The van der Waals surface area contributed by atoms with Crippen molar-refractivity contribution < 1.29 is 27.9 Å². The Bertz CT molecular complexity index is 1360. The lowest BCUT2D eigenvalue weighted by Gasteiger charge is -2.48. The molecule has 9 heteroatoms. The molecular formula is C29H30F3N3O3. The minimum absolute atomic E-state index is 0.149. The number of rotatable bonds is 4. The maximum Gasteiger partial charge on any atom is 0.416 e. The number of benzene rings is 2. The van der Waals surface area contributed by atoms with Crippen LogP contribution in [0.4, 0.5) is 13.2 Å². The third-order valence-electron chi connectivity index (χ3n) is 8.06. The molecule has 2 aliphatic rings. The first kappa shape index (κ1) is 26.3. The van der Waals surface area contributed by atoms with Gasteiger partial charge in [0.15, 0.2) is 0 Å². The second-order valence-corrected chi connectivity index (χ2v) is 10.7. The molecule has 2 aromatic carbocycles. The van der Waals surface area contributed by atoms with Crippen molar-refractivity contribution in [3.05, 3.63) is 77.0 Å². The average molecular weight is 526 g/mol. The first-order valence-corrected chi connectivity index (χ1v) is 12.8. The number of hydrogen-bond acceptors (Lipinski definition) is 5. The van der Waals surface area contributed by atoms with Gasteiger partial charge in [-0.2, -0.15) is 13.2 Å². The van der Waals surface area contributed by atoms with Crippen LogP contribution >= 0.6 is 0 Å². The minimum atomic E-state index is -4.36. The molecule has 2 amide bonds. The predicted octanol–water partition coefficient (Wildman–Crippen LogP) is 4.75. The smallest absolute Gasteiger partial charge is 0.385 e. The number of carbonyl (C=O) groups is 2. The number of aromatic nitrogens is 1. The van der Waals surface area contributed by atoms with Gasteiger partial charge in [-0.1, -0.05) is 32.0 Å². The van der Waals surface area contributed by atoms with E-state index in [0.29, 0.717) is 26.1 Å². The van der Waals surface area contributed by atoms with Crippen molar-refractivity contribution in [2.24, 2.45) is 11.8 Å². The molecule has 2 aliphatic heterocycles. The molecule has 0 radical (unpaired) electrons. The van der Waals surface area contributed by atoms with E-state index in [1.54, 1.807) is 6.20 Å². The molecule has 3 heterocycles. The molecule has 2 fully saturated rings. The van der Waals surface area contributed by atoms with Gasteiger partial charge in [-0.25, -0.2) is 0 Å². The number of amides is 2. The molecule has 1 aromatic heterocycles. The summed E-state index contributed by atoms with van der Waals surface area (Å²) in [6.45, 7) is 5.62. The summed E-state index contributed by atoms with van der Waals surface area (Å²) < 4.78 is 38.7. The van der Waals surface area contributed by atoms with Gasteiger partial charge in [-0.3, -0.25) is 24.8 Å². The number of piperidine rings is 2. The molecule has 0 aliphatic carbocycles. The van der Waals surface area contributed by atoms with E-state index < -0.39 is 23.3 Å². The lowest BCUT2D eigenvalue weighted by molar-refractivity contribution is -0.138. The molecule has 0 bridgehead atoms. The average Bonchev–Trinajstić information content (AvgIpc) is 2.86. The third-order valence-corrected chi connectivity index (χ3v) is 8.06. The van der Waals surface area contributed by atoms with E-state index in [2.05, 4.69) is 15.2 Å². The van der Waals surface area contributed by atoms with Crippen molar-refractivity contribution in [3.8, 4) is 0 Å². The first-order valence-electron chi connectivity index (χ1n) is 12.8. The lowest BCUT2D eigenvalue weighted by atomic mass is 9.70. The Hall–Kier alpha value is -3.30. The number of fused-ring (bicyclic) bond motifs is 1. The van der Waals surface area contributed by atoms with Gasteiger partial charge in [0.1, 0.15) is 0 Å². The lowest BCUT2D eigenvalue weighted by Crippen LogP contribution is -2.54. The monoisotopic (exact) mass is 525 g/mol. The molecule has 6 nitrogen and oxygen atoms in total. The zero-order valence-electron chi connectivity index (χ0n) is 21.3. The summed E-state index contributed by atoms with van der Waals surface area (Å²) in [6, 6.07) is 12.8. The number of nitrogens with zero attached hydrogens (tertiary/aromatic N) is 2. The third kappa shape index (κ3) is 4.92. The van der Waals surface area contributed by atoms with E-state index >= 15 is 0 Å². The summed E-state index contributed by atoms with van der Waals surface area (Å²) in [7, 11) is 0. The molecule has 0 saturated carbocycles. The fraction of sp³-hybridized carbons (Fsp3) is 0.414. The van der Waals surface area contributed by atoms with Crippen molar-refractivity contribution in [1.29, 1.82) is 0 Å². The zero-order valence-corrected chi connectivity index (χ0v) is 21.3. The Balaban J connectivity index is 1.35. The molecule has 4 atom stereocenters. The van der Waals surface area contributed by atoms with Gasteiger partial charge in [0.05, 0.1) is 22.6 Å². The SMILES string of the molecule is C[C@@H]1CN(Cc2ccc(C(F)(F)F)cc2)C[C@H](C)C1(O)c1ccc2ncc(C3CCC(=O)NC3=O)cc2c1. The molecule has 38 heavy (non-hydrogen) atoms. The van der Waals surface area contributed by atoms with Gasteiger partial charge in [0.25, 0.3) is 0 Å². The summed E-state index contributed by atoms with van der Waals surface area (Å²) in [5, 5.41) is 15.2. The van der Waals surface area contributed by atoms with Crippen LogP contribution in [0.15, 0.2) is 54.7 Å². The number of nitrogens with one attached hydrogen (secondary N) is 1. The van der Waals surface area contributed by atoms with Gasteiger partial charge in [-0.05, 0) is 53.4 Å². The molecule has 200 valence electrons. The fourth-order valence-corrected chi connectivity index (χ4v) is 5.97. The van der Waals surface area contributed by atoms with Crippen molar-refractivity contribution in [2.45, 2.75) is 50.9 Å². The van der Waals surface area contributed by atoms with Crippen molar-refractivity contribution >= 4 is 22.7 Å². The molecule has 2 N–H and O–H groups in total. The summed E-state index contributed by atoms with van der Waals surface area (Å²) in [5.74, 6) is -1.33. The largest absolute Gasteiger partial charge is 0.416 e. The molecular weight excluding hydrogens is 495 g/mol. The maximum atomic E-state index is 12.9. The van der Waals surface area contributed by atoms with E-state index in [0.717, 1.165) is 39.7 Å². The highest BCUT2D eigenvalue weighted by Gasteiger charge is 2.45. The quantitative estimate of drug-likeness (QED) is 0.481. The highest BCUT2D eigenvalue weighted by Crippen LogP contribution is 2.42. The zero-order chi connectivity index (χ0) is 27.2. The number of pyridine rings is 1. The van der Waals surface area contributed by atoms with E-state index in [1.165, 1.54) is 12.1 Å². The first-order chi connectivity index (χ1) is 17.9. The minimum Gasteiger partial charge on any atom is -0.385 e. The topological polar surface area (TPSA) is 82.5 Å². The summed E-state index contributed by atoms with van der Waals surface area (Å²) in [6.07, 6.45) is -1.97. The second-order valence-electron chi connectivity index (χ2n) is 10.7. The molecule has 5 rings (SSSR count). The normalized spacial score (nSPS) is 26.9. The Labute approximate surface area is 218 Å². The van der Waals surface area contributed by atoms with Crippen LogP contribution in [0.5, 0.6) is 0 Å². The van der Waals surface area contributed by atoms with Crippen LogP contribution < -0.4 is 5.32 Å². The summed E-state index contributed by atoms with van der Waals surface area (Å²) in [4.78, 5) is 30.6. The van der Waals surface area contributed by atoms with Crippen LogP contribution in [0.1, 0.15) is 54.9 Å². The van der Waals surface area contributed by atoms with Gasteiger partial charge in [0, 0.05) is 49.5 Å². The highest BCUT2D eigenvalue weighted by atomic mass is 19.4. The second kappa shape index (κ2) is 9.78. The molecule has 0 spiro atoms. The van der Waals surface area contributed by atoms with E-state index in [1.807, 2.05) is 38.1 Å². The number of alkyl halides is 3. The van der Waals surface area contributed by atoms with Crippen molar-refractivity contribution in [2.75, 3.05) is 13.1 Å². The molecule has 2 saturated heterocycles. The van der Waals surface area contributed by atoms with Crippen LogP contribution in [-0.2, 0) is 27.9 Å². The Morgan fingerprint density at radius 3 is 2.37 bits per heavy atom. The highest BCUT2D eigenvalue weighted by molar-refractivity contribution is 6.01. The fourth-order valence-electron chi connectivity index (χ4n) is 5.97.